The summed E-state index contributed by atoms with van der Waals surface area (Å²) in [5.41, 5.74) is 2.56. The first-order valence-corrected chi connectivity index (χ1v) is 9.53. The summed E-state index contributed by atoms with van der Waals surface area (Å²) in [6, 6.07) is 16.4. The van der Waals surface area contributed by atoms with Gasteiger partial charge >= 0.3 is 0 Å². The highest BCUT2D eigenvalue weighted by atomic mass is 79.9. The lowest BCUT2D eigenvalue weighted by Gasteiger charge is -2.13. The minimum Gasteiger partial charge on any atom is -0.340 e. The topological polar surface area (TPSA) is 64.8 Å². The number of nitrogens with zero attached hydrogens (tertiary/aromatic N) is 3. The summed E-state index contributed by atoms with van der Waals surface area (Å²) in [5.74, 6) is -0.379. The summed E-state index contributed by atoms with van der Waals surface area (Å²) in [6.45, 7) is 2.32. The van der Waals surface area contributed by atoms with Crippen molar-refractivity contribution in [2.24, 2.45) is 0 Å². The van der Waals surface area contributed by atoms with Crippen LogP contribution in [0.1, 0.15) is 27.3 Å². The van der Waals surface area contributed by atoms with Crippen LogP contribution in [0, 0.1) is 6.92 Å². The molecule has 0 aliphatic heterocycles. The van der Waals surface area contributed by atoms with Crippen LogP contribution in [0.15, 0.2) is 76.4 Å². The van der Waals surface area contributed by atoms with Gasteiger partial charge in [0.25, 0.3) is 0 Å². The summed E-state index contributed by atoms with van der Waals surface area (Å²) in [6.07, 6.45) is 3.19. The fourth-order valence-corrected chi connectivity index (χ4v) is 3.53. The lowest BCUT2D eigenvalue weighted by Crippen LogP contribution is -2.21. The summed E-state index contributed by atoms with van der Waals surface area (Å²) >= 11 is 3.38. The Bertz CT molecular complexity index is 1260. The highest BCUT2D eigenvalue weighted by Crippen LogP contribution is 2.16. The van der Waals surface area contributed by atoms with Gasteiger partial charge in [0.05, 0.1) is 23.3 Å². The standard InChI is InChI=1S/C22H16BrN3O2/c1-14-9-10-24-18(11-14)22(28)17-13-26(12-15-5-4-8-20(23)25-15)19-7-3-2-6-16(19)21(17)27/h2-11,13H,12H2,1H3. The largest absolute Gasteiger partial charge is 0.340 e. The van der Waals surface area contributed by atoms with Crippen molar-refractivity contribution in [3.8, 4) is 0 Å². The molecule has 0 spiro atoms. The van der Waals surface area contributed by atoms with Crippen molar-refractivity contribution in [1.29, 1.82) is 0 Å². The van der Waals surface area contributed by atoms with Crippen molar-refractivity contribution in [3.63, 3.8) is 0 Å². The van der Waals surface area contributed by atoms with Crippen LogP contribution in [-0.4, -0.2) is 20.3 Å². The van der Waals surface area contributed by atoms with Crippen LogP contribution in [-0.2, 0) is 6.54 Å². The Hall–Kier alpha value is -3.12. The van der Waals surface area contributed by atoms with Gasteiger partial charge in [-0.25, -0.2) is 4.98 Å². The van der Waals surface area contributed by atoms with Crippen molar-refractivity contribution in [2.75, 3.05) is 0 Å². The number of para-hydroxylation sites is 1. The van der Waals surface area contributed by atoms with Crippen LogP contribution in [0.4, 0.5) is 0 Å². The van der Waals surface area contributed by atoms with Crippen molar-refractivity contribution in [3.05, 3.63) is 104 Å². The number of aromatic nitrogens is 3. The first-order chi connectivity index (χ1) is 13.5. The van der Waals surface area contributed by atoms with E-state index in [0.29, 0.717) is 11.9 Å². The molecule has 138 valence electrons. The number of carbonyl (C=O) groups excluding carboxylic acids is 1. The van der Waals surface area contributed by atoms with Gasteiger partial charge in [0.15, 0.2) is 0 Å². The highest BCUT2D eigenvalue weighted by molar-refractivity contribution is 9.10. The number of ketones is 1. The van der Waals surface area contributed by atoms with Gasteiger partial charge in [-0.2, -0.15) is 0 Å². The fourth-order valence-electron chi connectivity index (χ4n) is 3.15. The van der Waals surface area contributed by atoms with Gasteiger partial charge in [0, 0.05) is 17.8 Å². The van der Waals surface area contributed by atoms with E-state index in [-0.39, 0.29) is 22.5 Å². The first kappa shape index (κ1) is 18.3. The quantitative estimate of drug-likeness (QED) is 0.358. The molecule has 5 nitrogen and oxygen atoms in total. The second kappa shape index (κ2) is 7.48. The number of hydrogen-bond donors (Lipinski definition) is 0. The van der Waals surface area contributed by atoms with Crippen LogP contribution in [0.25, 0.3) is 10.9 Å². The van der Waals surface area contributed by atoms with Gasteiger partial charge in [-0.05, 0) is 64.8 Å². The summed E-state index contributed by atoms with van der Waals surface area (Å²) in [5, 5.41) is 0.496. The molecule has 0 N–H and O–H groups in total. The van der Waals surface area contributed by atoms with Gasteiger partial charge < -0.3 is 4.57 Å². The number of benzene rings is 1. The van der Waals surface area contributed by atoms with Crippen LogP contribution >= 0.6 is 15.9 Å². The second-order valence-corrected chi connectivity index (χ2v) is 7.33. The number of halogens is 1. The number of hydrogen-bond acceptors (Lipinski definition) is 4. The fraction of sp³-hybridized carbons (Fsp3) is 0.0909. The minimum atomic E-state index is -0.379. The Morgan fingerprint density at radius 2 is 1.93 bits per heavy atom. The molecule has 0 radical (unpaired) electrons. The molecular weight excluding hydrogens is 418 g/mol. The summed E-state index contributed by atoms with van der Waals surface area (Å²) < 4.78 is 2.62. The second-order valence-electron chi connectivity index (χ2n) is 6.52. The Morgan fingerprint density at radius 1 is 1.11 bits per heavy atom. The van der Waals surface area contributed by atoms with Gasteiger partial charge in [-0.15, -0.1) is 0 Å². The zero-order chi connectivity index (χ0) is 19.7. The van der Waals surface area contributed by atoms with E-state index in [2.05, 4.69) is 25.9 Å². The molecule has 0 saturated heterocycles. The molecule has 0 aliphatic carbocycles. The third-order valence-corrected chi connectivity index (χ3v) is 4.93. The van der Waals surface area contributed by atoms with E-state index in [1.165, 1.54) is 0 Å². The maximum absolute atomic E-state index is 13.0. The van der Waals surface area contributed by atoms with E-state index in [4.69, 9.17) is 0 Å². The van der Waals surface area contributed by atoms with Crippen LogP contribution in [0.3, 0.4) is 0 Å². The van der Waals surface area contributed by atoms with E-state index >= 15 is 0 Å². The zero-order valence-electron chi connectivity index (χ0n) is 15.1. The van der Waals surface area contributed by atoms with Gasteiger partial charge in [0.1, 0.15) is 10.3 Å². The summed E-state index contributed by atoms with van der Waals surface area (Å²) in [7, 11) is 0. The maximum atomic E-state index is 13.0. The molecule has 3 aromatic heterocycles. The molecular formula is C22H16BrN3O2. The number of rotatable bonds is 4. The molecule has 0 saturated carbocycles. The van der Waals surface area contributed by atoms with Crippen molar-refractivity contribution in [1.82, 2.24) is 14.5 Å². The molecule has 28 heavy (non-hydrogen) atoms. The van der Waals surface area contributed by atoms with Gasteiger partial charge in [-0.3, -0.25) is 14.6 Å². The van der Waals surface area contributed by atoms with E-state index in [0.717, 1.165) is 21.4 Å². The predicted molar refractivity (Wildman–Crippen MR) is 112 cm³/mol. The Balaban J connectivity index is 1.89. The summed E-state index contributed by atoms with van der Waals surface area (Å²) in [4.78, 5) is 34.6. The van der Waals surface area contributed by atoms with Crippen molar-refractivity contribution >= 4 is 32.6 Å². The normalized spacial score (nSPS) is 10.9. The number of fused-ring (bicyclic) bond motifs is 1. The number of pyridine rings is 3. The average Bonchev–Trinajstić information content (AvgIpc) is 2.70. The SMILES string of the molecule is Cc1ccnc(C(=O)c2cn(Cc3cccc(Br)n3)c3ccccc3c2=O)c1. The molecule has 0 bridgehead atoms. The Morgan fingerprint density at radius 3 is 2.71 bits per heavy atom. The molecule has 3 heterocycles. The number of carbonyl (C=O) groups is 1. The first-order valence-electron chi connectivity index (χ1n) is 8.74. The van der Waals surface area contributed by atoms with Gasteiger partial charge in [-0.1, -0.05) is 18.2 Å². The maximum Gasteiger partial charge on any atom is 0.216 e. The average molecular weight is 434 g/mol. The monoisotopic (exact) mass is 433 g/mol. The predicted octanol–water partition coefficient (Wildman–Crippen LogP) is 4.14. The molecule has 6 heteroatoms. The van der Waals surface area contributed by atoms with Crippen LogP contribution in [0.5, 0.6) is 0 Å². The highest BCUT2D eigenvalue weighted by Gasteiger charge is 2.18. The molecule has 0 fully saturated rings. The van der Waals surface area contributed by atoms with E-state index in [1.54, 1.807) is 30.6 Å². The lowest BCUT2D eigenvalue weighted by atomic mass is 10.0. The zero-order valence-corrected chi connectivity index (χ0v) is 16.7. The van der Waals surface area contributed by atoms with Gasteiger partial charge in [0.2, 0.25) is 11.2 Å². The van der Waals surface area contributed by atoms with E-state index in [1.807, 2.05) is 47.9 Å². The van der Waals surface area contributed by atoms with Crippen molar-refractivity contribution < 1.29 is 4.79 Å². The van der Waals surface area contributed by atoms with Crippen LogP contribution < -0.4 is 5.43 Å². The molecule has 0 aliphatic rings. The van der Waals surface area contributed by atoms with E-state index in [9.17, 15) is 9.59 Å². The minimum absolute atomic E-state index is 0.104. The lowest BCUT2D eigenvalue weighted by molar-refractivity contribution is 0.103. The molecule has 0 atom stereocenters. The Kier molecular flexibility index (Phi) is 4.88. The molecule has 4 aromatic rings. The number of aryl methyl sites for hydroxylation is 1. The smallest absolute Gasteiger partial charge is 0.216 e. The third kappa shape index (κ3) is 3.51. The molecule has 4 rings (SSSR count). The molecule has 0 unspecified atom stereocenters. The molecule has 1 aromatic carbocycles. The van der Waals surface area contributed by atoms with E-state index < -0.39 is 0 Å². The van der Waals surface area contributed by atoms with Crippen molar-refractivity contribution in [2.45, 2.75) is 13.5 Å². The third-order valence-electron chi connectivity index (χ3n) is 4.49. The molecule has 0 amide bonds. The van der Waals surface area contributed by atoms with Crippen LogP contribution in [0.2, 0.25) is 0 Å². The Labute approximate surface area is 169 Å².